The number of ether oxygens (including phenoxy) is 2. The maximum absolute atomic E-state index is 13.9. The molecule has 5 heterocycles. The van der Waals surface area contributed by atoms with Crippen molar-refractivity contribution in [3.05, 3.63) is 68.1 Å². The summed E-state index contributed by atoms with van der Waals surface area (Å²) in [5.74, 6) is -1.37. The molecule has 4 amide bonds. The predicted octanol–water partition coefficient (Wildman–Crippen LogP) is 4.93. The average Bonchev–Trinajstić information content (AvgIpc) is 3.97. The summed E-state index contributed by atoms with van der Waals surface area (Å²) >= 11 is 2.54. The van der Waals surface area contributed by atoms with Gasteiger partial charge in [0.2, 0.25) is 23.6 Å². The molecule has 6 rings (SSSR count). The number of rotatable bonds is 5. The van der Waals surface area contributed by atoms with Crippen molar-refractivity contribution in [2.75, 3.05) is 0 Å². The largest absolute Gasteiger partial charge is 0.474 e. The summed E-state index contributed by atoms with van der Waals surface area (Å²) in [5.41, 5.74) is 1.07. The van der Waals surface area contributed by atoms with Crippen molar-refractivity contribution < 1.29 is 28.7 Å². The molecule has 3 aliphatic heterocycles. The lowest BCUT2D eigenvalue weighted by molar-refractivity contribution is -0.125. The molecule has 288 valence electrons. The molecule has 0 unspecified atom stereocenters. The van der Waals surface area contributed by atoms with Gasteiger partial charge in [-0.2, -0.15) is 0 Å². The van der Waals surface area contributed by atoms with Crippen LogP contribution in [0.4, 0.5) is 0 Å². The Balaban J connectivity index is 1.40. The van der Waals surface area contributed by atoms with E-state index in [4.69, 9.17) is 19.5 Å². The first-order valence-electron chi connectivity index (χ1n) is 18.4. The minimum absolute atomic E-state index is 0.0769. The maximum Gasteiger partial charge on any atom is 0.271 e. The number of thiazole rings is 2. The number of aromatic nitrogens is 2. The Labute approximate surface area is 323 Å². The highest BCUT2D eigenvalue weighted by Crippen LogP contribution is 2.31. The van der Waals surface area contributed by atoms with Crippen LogP contribution in [0.1, 0.15) is 116 Å². The molecule has 14 nitrogen and oxygen atoms in total. The van der Waals surface area contributed by atoms with E-state index in [-0.39, 0.29) is 52.8 Å². The molecular weight excluding hydrogens is 729 g/mol. The van der Waals surface area contributed by atoms with Crippen LogP contribution in [-0.4, -0.2) is 75.7 Å². The maximum atomic E-state index is 13.9. The van der Waals surface area contributed by atoms with Crippen molar-refractivity contribution in [1.82, 2.24) is 31.2 Å². The van der Waals surface area contributed by atoms with E-state index in [0.717, 1.165) is 0 Å². The molecule has 2 aromatic heterocycles. The number of amides is 4. The van der Waals surface area contributed by atoms with Gasteiger partial charge in [0.05, 0.1) is 12.1 Å². The number of benzene rings is 1. The van der Waals surface area contributed by atoms with Gasteiger partial charge in [0.15, 0.2) is 12.1 Å². The molecule has 54 heavy (non-hydrogen) atoms. The molecule has 0 spiro atoms. The zero-order chi connectivity index (χ0) is 38.8. The Bertz CT molecular complexity index is 1930. The zero-order valence-electron chi connectivity index (χ0n) is 31.7. The van der Waals surface area contributed by atoms with Crippen LogP contribution >= 0.6 is 22.7 Å². The summed E-state index contributed by atoms with van der Waals surface area (Å²) in [5, 5.41) is 16.7. The molecule has 3 aromatic rings. The van der Waals surface area contributed by atoms with Gasteiger partial charge in [-0.1, -0.05) is 78.3 Å². The molecule has 0 saturated heterocycles. The van der Waals surface area contributed by atoms with Gasteiger partial charge in [0.25, 0.3) is 11.8 Å². The van der Waals surface area contributed by atoms with Gasteiger partial charge in [-0.05, 0) is 37.2 Å². The number of nitrogens with zero attached hydrogens (tertiary/aromatic N) is 4. The van der Waals surface area contributed by atoms with Crippen LogP contribution in [0.25, 0.3) is 0 Å². The second-order valence-electron chi connectivity index (χ2n) is 14.7. The zero-order valence-corrected chi connectivity index (χ0v) is 33.3. The van der Waals surface area contributed by atoms with Crippen molar-refractivity contribution in [3.8, 4) is 0 Å². The Morgan fingerprint density at radius 3 is 1.65 bits per heavy atom. The van der Waals surface area contributed by atoms with E-state index in [1.807, 2.05) is 71.9 Å². The van der Waals surface area contributed by atoms with E-state index in [0.29, 0.717) is 22.0 Å². The molecule has 8 bridgehead atoms. The number of carbonyl (C=O) groups is 4. The van der Waals surface area contributed by atoms with Crippen LogP contribution in [0, 0.1) is 17.8 Å². The van der Waals surface area contributed by atoms with Crippen molar-refractivity contribution in [2.45, 2.75) is 110 Å². The number of nitrogens with one attached hydrogen (secondary N) is 4. The van der Waals surface area contributed by atoms with Crippen LogP contribution in [-0.2, 0) is 19.1 Å². The summed E-state index contributed by atoms with van der Waals surface area (Å²) in [6, 6.07) is 4.99. The number of fused-ring (bicyclic) bond motifs is 6. The average molecular weight is 777 g/mol. The topological polar surface area (TPSA) is 185 Å². The SMILES string of the molecule is CC[C@H](C)[C@@H]1NC(=O)c2csc(n2)[C@@H](C(C)C)NC(=O)[C@H]2N=C(O[C@@H]2C)[C@H](c2ccccc2)NC(=O)c2csc(n2)[C@@H](C(C)C)NC(=O)[C@H]2N=C1O[C@@H]2C. The Hall–Kier alpha value is -4.70. The molecule has 9 atom stereocenters. The quantitative estimate of drug-likeness (QED) is 0.281. The lowest BCUT2D eigenvalue weighted by Crippen LogP contribution is -2.45. The van der Waals surface area contributed by atoms with Crippen LogP contribution in [0.2, 0.25) is 0 Å². The van der Waals surface area contributed by atoms with Crippen LogP contribution in [0.3, 0.4) is 0 Å². The standard InChI is InChI=1S/C38H48N8O6S2/c1-9-19(6)27-35-45-28(20(7)51-35)33(49)41-26(18(4)5)38-40-24(16-54-38)32(48)44-30(22-13-11-10-12-14-22)36-46-29(21(8)52-36)34(50)42-25(17(2)3)37-39-23(15-53-37)31(47)43-27/h10-21,25-30H,9H2,1-8H3,(H,41,49)(H,42,50)(H,43,47)(H,44,48)/t19-,20+,21+,25+,26+,27-,28-,29-,30-/m0/s1. The number of aliphatic imine (C=N–C) groups is 2. The summed E-state index contributed by atoms with van der Waals surface area (Å²) in [7, 11) is 0. The molecule has 4 N–H and O–H groups in total. The van der Waals surface area contributed by atoms with E-state index >= 15 is 0 Å². The minimum atomic E-state index is -0.909. The Morgan fingerprint density at radius 1 is 0.667 bits per heavy atom. The van der Waals surface area contributed by atoms with Gasteiger partial charge in [0, 0.05) is 10.8 Å². The Kier molecular flexibility index (Phi) is 11.8. The lowest BCUT2D eigenvalue weighted by atomic mass is 9.98. The van der Waals surface area contributed by atoms with Gasteiger partial charge in [0.1, 0.15) is 45.7 Å². The third-order valence-electron chi connectivity index (χ3n) is 9.96. The summed E-state index contributed by atoms with van der Waals surface area (Å²) in [4.78, 5) is 74.0. The third-order valence-corrected chi connectivity index (χ3v) is 11.8. The summed E-state index contributed by atoms with van der Waals surface area (Å²) < 4.78 is 12.4. The lowest BCUT2D eigenvalue weighted by Gasteiger charge is -2.24. The van der Waals surface area contributed by atoms with Crippen LogP contribution in [0.5, 0.6) is 0 Å². The minimum Gasteiger partial charge on any atom is -0.474 e. The Morgan fingerprint density at radius 2 is 1.15 bits per heavy atom. The first-order valence-corrected chi connectivity index (χ1v) is 20.2. The van der Waals surface area contributed by atoms with Crippen molar-refractivity contribution in [2.24, 2.45) is 27.7 Å². The predicted molar refractivity (Wildman–Crippen MR) is 207 cm³/mol. The van der Waals surface area contributed by atoms with Crippen LogP contribution < -0.4 is 21.3 Å². The third kappa shape index (κ3) is 8.19. The van der Waals surface area contributed by atoms with E-state index in [2.05, 4.69) is 31.2 Å². The fraction of sp³-hybridized carbons (Fsp3) is 0.526. The summed E-state index contributed by atoms with van der Waals surface area (Å²) in [6.07, 6.45) is -0.523. The molecule has 3 aliphatic rings. The van der Waals surface area contributed by atoms with E-state index < -0.39 is 60.3 Å². The first kappa shape index (κ1) is 39.0. The molecule has 0 fully saturated rings. The van der Waals surface area contributed by atoms with Crippen molar-refractivity contribution >= 4 is 58.1 Å². The monoisotopic (exact) mass is 776 g/mol. The highest BCUT2D eigenvalue weighted by atomic mass is 32.1. The van der Waals surface area contributed by atoms with Crippen molar-refractivity contribution in [3.63, 3.8) is 0 Å². The second kappa shape index (κ2) is 16.3. The normalized spacial score (nSPS) is 28.5. The molecule has 16 heteroatoms. The summed E-state index contributed by atoms with van der Waals surface area (Å²) in [6.45, 7) is 15.4. The fourth-order valence-corrected chi connectivity index (χ4v) is 8.55. The highest BCUT2D eigenvalue weighted by Gasteiger charge is 2.41. The number of carbonyl (C=O) groups excluding carboxylic acids is 4. The second-order valence-corrected chi connectivity index (χ2v) is 16.5. The highest BCUT2D eigenvalue weighted by molar-refractivity contribution is 7.10. The molecular formula is C38H48N8O6S2. The molecule has 0 saturated carbocycles. The first-order chi connectivity index (χ1) is 25.7. The molecule has 0 aliphatic carbocycles. The van der Waals surface area contributed by atoms with Crippen LogP contribution in [0.15, 0.2) is 51.1 Å². The number of hydrogen-bond acceptors (Lipinski definition) is 12. The smallest absolute Gasteiger partial charge is 0.271 e. The van der Waals surface area contributed by atoms with E-state index in [1.54, 1.807) is 24.6 Å². The fourth-order valence-electron chi connectivity index (χ4n) is 6.50. The van der Waals surface area contributed by atoms with Gasteiger partial charge < -0.3 is 30.7 Å². The number of hydrogen-bond donors (Lipinski definition) is 4. The van der Waals surface area contributed by atoms with Crippen molar-refractivity contribution in [1.29, 1.82) is 0 Å². The van der Waals surface area contributed by atoms with E-state index in [1.165, 1.54) is 22.7 Å². The van der Waals surface area contributed by atoms with E-state index in [9.17, 15) is 19.2 Å². The van der Waals surface area contributed by atoms with Gasteiger partial charge in [-0.3, -0.25) is 19.2 Å². The molecule has 0 radical (unpaired) electrons. The molecule has 1 aromatic carbocycles. The van der Waals surface area contributed by atoms with Gasteiger partial charge in [-0.25, -0.2) is 20.0 Å². The van der Waals surface area contributed by atoms with Gasteiger partial charge in [-0.15, -0.1) is 22.7 Å². The van der Waals surface area contributed by atoms with Gasteiger partial charge >= 0.3 is 0 Å².